The molecule has 0 saturated carbocycles. The minimum absolute atomic E-state index is 0.254. The van der Waals surface area contributed by atoms with Crippen LogP contribution in [0.2, 0.25) is 0 Å². The van der Waals surface area contributed by atoms with Gasteiger partial charge in [-0.25, -0.2) is 4.39 Å². The second-order valence-corrected chi connectivity index (χ2v) is 4.73. The molecule has 0 aliphatic carbocycles. The van der Waals surface area contributed by atoms with Crippen LogP contribution >= 0.6 is 15.9 Å². The molecule has 0 atom stereocenters. The molecular formula is C14H11BrFNO. The molecule has 2 nitrogen and oxygen atoms in total. The van der Waals surface area contributed by atoms with Crippen LogP contribution in [0.5, 0.6) is 0 Å². The van der Waals surface area contributed by atoms with Crippen LogP contribution in [0, 0.1) is 12.7 Å². The molecular weight excluding hydrogens is 297 g/mol. The van der Waals surface area contributed by atoms with Gasteiger partial charge >= 0.3 is 0 Å². The highest BCUT2D eigenvalue weighted by molar-refractivity contribution is 9.10. The van der Waals surface area contributed by atoms with Crippen molar-refractivity contribution in [3.05, 3.63) is 63.9 Å². The van der Waals surface area contributed by atoms with E-state index in [4.69, 9.17) is 0 Å². The van der Waals surface area contributed by atoms with E-state index in [0.717, 1.165) is 15.7 Å². The first-order chi connectivity index (χ1) is 8.58. The van der Waals surface area contributed by atoms with Gasteiger partial charge in [-0.05, 0) is 48.9 Å². The van der Waals surface area contributed by atoms with Gasteiger partial charge in [-0.1, -0.05) is 22.0 Å². The van der Waals surface area contributed by atoms with Crippen molar-refractivity contribution in [2.45, 2.75) is 6.92 Å². The van der Waals surface area contributed by atoms with E-state index in [9.17, 15) is 9.18 Å². The maximum atomic E-state index is 12.8. The standard InChI is InChI=1S/C14H11BrFNO/c1-9-12(15)3-2-4-13(9)17-14(18)10-5-7-11(16)8-6-10/h2-8H,1H3,(H,17,18). The minimum atomic E-state index is -0.356. The average molecular weight is 308 g/mol. The zero-order valence-corrected chi connectivity index (χ0v) is 11.3. The molecule has 1 N–H and O–H groups in total. The van der Waals surface area contributed by atoms with Gasteiger partial charge in [0.1, 0.15) is 5.82 Å². The summed E-state index contributed by atoms with van der Waals surface area (Å²) in [7, 11) is 0. The molecule has 0 radical (unpaired) electrons. The van der Waals surface area contributed by atoms with Gasteiger partial charge in [0.05, 0.1) is 0 Å². The van der Waals surface area contributed by atoms with E-state index in [-0.39, 0.29) is 11.7 Å². The third kappa shape index (κ3) is 2.76. The van der Waals surface area contributed by atoms with E-state index >= 15 is 0 Å². The van der Waals surface area contributed by atoms with E-state index in [2.05, 4.69) is 21.2 Å². The van der Waals surface area contributed by atoms with Crippen LogP contribution in [0.1, 0.15) is 15.9 Å². The van der Waals surface area contributed by atoms with Gasteiger partial charge in [-0.2, -0.15) is 0 Å². The van der Waals surface area contributed by atoms with Gasteiger partial charge in [0, 0.05) is 15.7 Å². The molecule has 0 aromatic heterocycles. The Balaban J connectivity index is 2.21. The Morgan fingerprint density at radius 1 is 1.17 bits per heavy atom. The fraction of sp³-hybridized carbons (Fsp3) is 0.0714. The van der Waals surface area contributed by atoms with Crippen molar-refractivity contribution in [3.8, 4) is 0 Å². The zero-order chi connectivity index (χ0) is 13.1. The normalized spacial score (nSPS) is 10.2. The fourth-order valence-electron chi connectivity index (χ4n) is 1.54. The van der Waals surface area contributed by atoms with Gasteiger partial charge in [-0.15, -0.1) is 0 Å². The Labute approximate surface area is 113 Å². The Morgan fingerprint density at radius 3 is 2.50 bits per heavy atom. The molecule has 0 aliphatic heterocycles. The summed E-state index contributed by atoms with van der Waals surface area (Å²) in [6.07, 6.45) is 0. The number of nitrogens with one attached hydrogen (secondary N) is 1. The number of carbonyl (C=O) groups excluding carboxylic acids is 1. The summed E-state index contributed by atoms with van der Waals surface area (Å²) < 4.78 is 13.7. The van der Waals surface area contributed by atoms with Crippen molar-refractivity contribution in [3.63, 3.8) is 0 Å². The summed E-state index contributed by atoms with van der Waals surface area (Å²) in [5, 5.41) is 2.80. The highest BCUT2D eigenvalue weighted by Gasteiger charge is 2.08. The van der Waals surface area contributed by atoms with Crippen molar-refractivity contribution in [1.82, 2.24) is 0 Å². The number of carbonyl (C=O) groups is 1. The molecule has 0 fully saturated rings. The van der Waals surface area contributed by atoms with E-state index in [1.807, 2.05) is 25.1 Å². The van der Waals surface area contributed by atoms with Crippen molar-refractivity contribution in [2.24, 2.45) is 0 Å². The Morgan fingerprint density at radius 2 is 1.83 bits per heavy atom. The first-order valence-corrected chi connectivity index (χ1v) is 6.19. The molecule has 0 heterocycles. The smallest absolute Gasteiger partial charge is 0.255 e. The number of rotatable bonds is 2. The lowest BCUT2D eigenvalue weighted by Gasteiger charge is -2.09. The number of hydrogen-bond donors (Lipinski definition) is 1. The van der Waals surface area contributed by atoms with Crippen LogP contribution in [0.25, 0.3) is 0 Å². The highest BCUT2D eigenvalue weighted by Crippen LogP contribution is 2.23. The highest BCUT2D eigenvalue weighted by atomic mass is 79.9. The van der Waals surface area contributed by atoms with E-state index in [1.165, 1.54) is 24.3 Å². The van der Waals surface area contributed by atoms with Crippen LogP contribution < -0.4 is 5.32 Å². The van der Waals surface area contributed by atoms with Crippen LogP contribution in [0.15, 0.2) is 46.9 Å². The average Bonchev–Trinajstić information content (AvgIpc) is 2.36. The van der Waals surface area contributed by atoms with Crippen LogP contribution in [0.4, 0.5) is 10.1 Å². The summed E-state index contributed by atoms with van der Waals surface area (Å²) in [6, 6.07) is 11.0. The van der Waals surface area contributed by atoms with E-state index in [0.29, 0.717) is 5.56 Å². The predicted octanol–water partition coefficient (Wildman–Crippen LogP) is 4.15. The van der Waals surface area contributed by atoms with Gasteiger partial charge < -0.3 is 5.32 Å². The molecule has 2 rings (SSSR count). The van der Waals surface area contributed by atoms with Gasteiger partial charge in [0.2, 0.25) is 0 Å². The van der Waals surface area contributed by atoms with Crippen molar-refractivity contribution in [2.75, 3.05) is 5.32 Å². The molecule has 0 bridgehead atoms. The van der Waals surface area contributed by atoms with Crippen LogP contribution in [-0.2, 0) is 0 Å². The maximum absolute atomic E-state index is 12.8. The molecule has 92 valence electrons. The number of hydrogen-bond acceptors (Lipinski definition) is 1. The number of halogens is 2. The van der Waals surface area contributed by atoms with Crippen molar-refractivity contribution < 1.29 is 9.18 Å². The van der Waals surface area contributed by atoms with Crippen LogP contribution in [-0.4, -0.2) is 5.91 Å². The predicted molar refractivity (Wildman–Crippen MR) is 73.2 cm³/mol. The van der Waals surface area contributed by atoms with E-state index in [1.54, 1.807) is 0 Å². The van der Waals surface area contributed by atoms with Crippen molar-refractivity contribution >= 4 is 27.5 Å². The number of amides is 1. The maximum Gasteiger partial charge on any atom is 0.255 e. The molecule has 2 aromatic rings. The SMILES string of the molecule is Cc1c(Br)cccc1NC(=O)c1ccc(F)cc1. The molecule has 1 amide bonds. The minimum Gasteiger partial charge on any atom is -0.322 e. The van der Waals surface area contributed by atoms with Gasteiger partial charge in [0.15, 0.2) is 0 Å². The number of benzene rings is 2. The lowest BCUT2D eigenvalue weighted by molar-refractivity contribution is 0.102. The number of anilines is 1. The first-order valence-electron chi connectivity index (χ1n) is 5.40. The summed E-state index contributed by atoms with van der Waals surface area (Å²) in [5.74, 6) is -0.610. The van der Waals surface area contributed by atoms with E-state index < -0.39 is 0 Å². The first kappa shape index (κ1) is 12.8. The van der Waals surface area contributed by atoms with Gasteiger partial charge in [-0.3, -0.25) is 4.79 Å². The second-order valence-electron chi connectivity index (χ2n) is 3.87. The summed E-state index contributed by atoms with van der Waals surface area (Å²) in [4.78, 5) is 11.9. The molecule has 4 heteroatoms. The van der Waals surface area contributed by atoms with Crippen LogP contribution in [0.3, 0.4) is 0 Å². The molecule has 0 spiro atoms. The molecule has 2 aromatic carbocycles. The quantitative estimate of drug-likeness (QED) is 0.887. The second kappa shape index (κ2) is 5.31. The lowest BCUT2D eigenvalue weighted by atomic mass is 10.1. The fourth-order valence-corrected chi connectivity index (χ4v) is 1.90. The zero-order valence-electron chi connectivity index (χ0n) is 9.71. The summed E-state index contributed by atoms with van der Waals surface area (Å²) >= 11 is 3.40. The Bertz CT molecular complexity index is 581. The van der Waals surface area contributed by atoms with Crippen molar-refractivity contribution in [1.29, 1.82) is 0 Å². The Hall–Kier alpha value is -1.68. The molecule has 0 saturated heterocycles. The molecule has 0 aliphatic rings. The lowest BCUT2D eigenvalue weighted by Crippen LogP contribution is -2.12. The summed E-state index contributed by atoms with van der Waals surface area (Å²) in [5.41, 5.74) is 2.11. The third-order valence-electron chi connectivity index (χ3n) is 2.62. The molecule has 0 unspecified atom stereocenters. The van der Waals surface area contributed by atoms with Gasteiger partial charge in [0.25, 0.3) is 5.91 Å². The monoisotopic (exact) mass is 307 g/mol. The largest absolute Gasteiger partial charge is 0.322 e. The molecule has 18 heavy (non-hydrogen) atoms. The topological polar surface area (TPSA) is 29.1 Å². The third-order valence-corrected chi connectivity index (χ3v) is 3.48. The Kier molecular flexibility index (Phi) is 3.77. The summed E-state index contributed by atoms with van der Waals surface area (Å²) in [6.45, 7) is 1.91.